The molecule has 0 aliphatic rings. The maximum absolute atomic E-state index is 11.5. The van der Waals surface area contributed by atoms with Gasteiger partial charge in [0.25, 0.3) is 5.91 Å². The molecule has 0 saturated carbocycles. The molecule has 0 bridgehead atoms. The molecule has 0 aliphatic heterocycles. The van der Waals surface area contributed by atoms with Gasteiger partial charge in [-0.1, -0.05) is 5.16 Å². The van der Waals surface area contributed by atoms with E-state index in [9.17, 15) is 9.90 Å². The number of aliphatic hydroxyl groups is 1. The molecule has 2 aromatic heterocycles. The maximum atomic E-state index is 11.5. The number of nitrogens with zero attached hydrogens (tertiary/aromatic N) is 1. The van der Waals surface area contributed by atoms with Gasteiger partial charge in [0.05, 0.1) is 18.5 Å². The summed E-state index contributed by atoms with van der Waals surface area (Å²) in [7, 11) is 0. The summed E-state index contributed by atoms with van der Waals surface area (Å²) in [4.78, 5) is 11.5. The zero-order valence-corrected chi connectivity index (χ0v) is 9.21. The van der Waals surface area contributed by atoms with Crippen LogP contribution in [0.1, 0.15) is 28.1 Å². The third-order valence-electron chi connectivity index (χ3n) is 2.18. The number of carbonyl (C=O) groups excluding carboxylic acids is 1. The molecule has 0 saturated heterocycles. The molecule has 2 N–H and O–H groups in total. The third-order valence-corrected chi connectivity index (χ3v) is 2.18. The van der Waals surface area contributed by atoms with Crippen LogP contribution >= 0.6 is 0 Å². The fourth-order valence-corrected chi connectivity index (χ4v) is 1.33. The number of furan rings is 1. The summed E-state index contributed by atoms with van der Waals surface area (Å²) < 4.78 is 9.78. The lowest BCUT2D eigenvalue weighted by atomic mass is 10.2. The van der Waals surface area contributed by atoms with Gasteiger partial charge in [-0.05, 0) is 19.1 Å². The number of nitrogens with one attached hydrogen (secondary N) is 1. The molecular formula is C11H12N2O4. The number of aliphatic hydroxyl groups excluding tert-OH is 1. The lowest BCUT2D eigenvalue weighted by Gasteiger charge is -2.07. The first-order valence-electron chi connectivity index (χ1n) is 5.10. The minimum atomic E-state index is -0.877. The van der Waals surface area contributed by atoms with E-state index in [-0.39, 0.29) is 12.3 Å². The Morgan fingerprint density at radius 2 is 2.47 bits per heavy atom. The van der Waals surface area contributed by atoms with Gasteiger partial charge in [-0.2, -0.15) is 0 Å². The summed E-state index contributed by atoms with van der Waals surface area (Å²) in [6.45, 7) is 1.77. The number of aryl methyl sites for hydroxylation is 1. The number of carbonyl (C=O) groups is 1. The van der Waals surface area contributed by atoms with Gasteiger partial charge in [0.1, 0.15) is 11.9 Å². The average molecular weight is 236 g/mol. The van der Waals surface area contributed by atoms with Crippen molar-refractivity contribution in [2.45, 2.75) is 13.0 Å². The van der Waals surface area contributed by atoms with E-state index in [1.165, 1.54) is 12.3 Å². The summed E-state index contributed by atoms with van der Waals surface area (Å²) in [5.74, 6) is 0.101. The van der Waals surface area contributed by atoms with E-state index in [0.29, 0.717) is 11.5 Å². The van der Waals surface area contributed by atoms with E-state index < -0.39 is 12.0 Å². The van der Waals surface area contributed by atoms with Crippen molar-refractivity contribution in [2.24, 2.45) is 0 Å². The van der Waals surface area contributed by atoms with Crippen LogP contribution in [0.15, 0.2) is 33.4 Å². The Labute approximate surface area is 97.2 Å². The Morgan fingerprint density at radius 3 is 3.06 bits per heavy atom. The molecule has 0 fully saturated rings. The van der Waals surface area contributed by atoms with Gasteiger partial charge in [-0.15, -0.1) is 0 Å². The lowest BCUT2D eigenvalue weighted by molar-refractivity contribution is 0.0865. The number of amides is 1. The van der Waals surface area contributed by atoms with Crippen LogP contribution in [-0.4, -0.2) is 22.7 Å². The second-order valence-electron chi connectivity index (χ2n) is 3.57. The largest absolute Gasteiger partial charge is 0.467 e. The standard InChI is InChI=1S/C11H12N2O4/c1-7-5-10(17-13-7)11(15)12-6-8(14)9-3-2-4-16-9/h2-5,8,14H,6H2,1H3,(H,12,15). The minimum Gasteiger partial charge on any atom is -0.467 e. The molecule has 17 heavy (non-hydrogen) atoms. The fraction of sp³-hybridized carbons (Fsp3) is 0.273. The molecule has 90 valence electrons. The Bertz CT molecular complexity index is 489. The van der Waals surface area contributed by atoms with Crippen LogP contribution in [0.5, 0.6) is 0 Å². The van der Waals surface area contributed by atoms with Crippen LogP contribution in [0.25, 0.3) is 0 Å². The highest BCUT2D eigenvalue weighted by Crippen LogP contribution is 2.12. The zero-order chi connectivity index (χ0) is 12.3. The maximum Gasteiger partial charge on any atom is 0.290 e. The molecule has 2 aromatic rings. The minimum absolute atomic E-state index is 0.0477. The van der Waals surface area contributed by atoms with Crippen LogP contribution in [0, 0.1) is 6.92 Å². The predicted molar refractivity (Wildman–Crippen MR) is 57.2 cm³/mol. The van der Waals surface area contributed by atoms with Gasteiger partial charge in [0, 0.05) is 6.07 Å². The van der Waals surface area contributed by atoms with Gasteiger partial charge in [-0.3, -0.25) is 4.79 Å². The summed E-state index contributed by atoms with van der Waals surface area (Å²) in [6.07, 6.45) is 0.582. The molecule has 1 atom stereocenters. The first kappa shape index (κ1) is 11.4. The highest BCUT2D eigenvalue weighted by atomic mass is 16.5. The number of hydrogen-bond acceptors (Lipinski definition) is 5. The first-order valence-corrected chi connectivity index (χ1v) is 5.10. The molecular weight excluding hydrogens is 224 g/mol. The quantitative estimate of drug-likeness (QED) is 0.827. The molecule has 0 radical (unpaired) electrons. The van der Waals surface area contributed by atoms with Gasteiger partial charge >= 0.3 is 0 Å². The fourth-order valence-electron chi connectivity index (χ4n) is 1.33. The molecule has 0 spiro atoms. The summed E-state index contributed by atoms with van der Waals surface area (Å²) in [6, 6.07) is 4.82. The van der Waals surface area contributed by atoms with Crippen molar-refractivity contribution in [1.29, 1.82) is 0 Å². The molecule has 1 amide bonds. The molecule has 0 aliphatic carbocycles. The van der Waals surface area contributed by atoms with Gasteiger partial charge in [-0.25, -0.2) is 0 Å². The predicted octanol–water partition coefficient (Wildman–Crippen LogP) is 1.04. The highest BCUT2D eigenvalue weighted by Gasteiger charge is 2.15. The van der Waals surface area contributed by atoms with Gasteiger partial charge < -0.3 is 19.4 Å². The van der Waals surface area contributed by atoms with Crippen LogP contribution in [0.3, 0.4) is 0 Å². The molecule has 6 heteroatoms. The first-order chi connectivity index (χ1) is 8.16. The second kappa shape index (κ2) is 4.84. The Morgan fingerprint density at radius 1 is 1.65 bits per heavy atom. The van der Waals surface area contributed by atoms with Crippen molar-refractivity contribution in [3.8, 4) is 0 Å². The molecule has 2 heterocycles. The molecule has 1 unspecified atom stereocenters. The monoisotopic (exact) mass is 236 g/mol. The summed E-state index contributed by atoms with van der Waals surface area (Å²) >= 11 is 0. The Balaban J connectivity index is 1.88. The number of rotatable bonds is 4. The van der Waals surface area contributed by atoms with Crippen LogP contribution < -0.4 is 5.32 Å². The smallest absolute Gasteiger partial charge is 0.290 e. The summed E-state index contributed by atoms with van der Waals surface area (Å²) in [5.41, 5.74) is 0.627. The molecule has 6 nitrogen and oxygen atoms in total. The molecule has 2 rings (SSSR count). The van der Waals surface area contributed by atoms with Crippen LogP contribution in [0.4, 0.5) is 0 Å². The van der Waals surface area contributed by atoms with Crippen molar-refractivity contribution >= 4 is 5.91 Å². The van der Waals surface area contributed by atoms with Crippen molar-refractivity contribution in [3.05, 3.63) is 41.7 Å². The van der Waals surface area contributed by atoms with Crippen LogP contribution in [-0.2, 0) is 0 Å². The van der Waals surface area contributed by atoms with Crippen molar-refractivity contribution < 1.29 is 18.8 Å². The number of hydrogen-bond donors (Lipinski definition) is 2. The lowest BCUT2D eigenvalue weighted by Crippen LogP contribution is -2.27. The van der Waals surface area contributed by atoms with E-state index in [4.69, 9.17) is 8.94 Å². The van der Waals surface area contributed by atoms with Gasteiger partial charge in [0.15, 0.2) is 0 Å². The topological polar surface area (TPSA) is 88.5 Å². The average Bonchev–Trinajstić information content (AvgIpc) is 2.95. The molecule has 0 aromatic carbocycles. The van der Waals surface area contributed by atoms with E-state index in [2.05, 4.69) is 10.5 Å². The second-order valence-corrected chi connectivity index (χ2v) is 3.57. The van der Waals surface area contributed by atoms with Crippen molar-refractivity contribution in [1.82, 2.24) is 10.5 Å². The van der Waals surface area contributed by atoms with E-state index in [1.54, 1.807) is 19.1 Å². The number of aromatic nitrogens is 1. The third kappa shape index (κ3) is 2.73. The Hall–Kier alpha value is -2.08. The van der Waals surface area contributed by atoms with E-state index in [0.717, 1.165) is 0 Å². The normalized spacial score (nSPS) is 12.4. The van der Waals surface area contributed by atoms with Crippen molar-refractivity contribution in [2.75, 3.05) is 6.54 Å². The highest BCUT2D eigenvalue weighted by molar-refractivity contribution is 5.91. The summed E-state index contributed by atoms with van der Waals surface area (Å²) in [5, 5.41) is 15.8. The SMILES string of the molecule is Cc1cc(C(=O)NCC(O)c2ccco2)on1. The van der Waals surface area contributed by atoms with E-state index >= 15 is 0 Å². The van der Waals surface area contributed by atoms with Gasteiger partial charge in [0.2, 0.25) is 5.76 Å². The van der Waals surface area contributed by atoms with E-state index in [1.807, 2.05) is 0 Å². The Kier molecular flexibility index (Phi) is 3.24. The van der Waals surface area contributed by atoms with Crippen molar-refractivity contribution in [3.63, 3.8) is 0 Å². The van der Waals surface area contributed by atoms with Crippen LogP contribution in [0.2, 0.25) is 0 Å². The zero-order valence-electron chi connectivity index (χ0n) is 9.21.